The van der Waals surface area contributed by atoms with Crippen molar-refractivity contribution in [1.82, 2.24) is 20.4 Å². The van der Waals surface area contributed by atoms with E-state index in [9.17, 15) is 19.2 Å². The summed E-state index contributed by atoms with van der Waals surface area (Å²) in [4.78, 5) is 54.1. The Morgan fingerprint density at radius 2 is 1.59 bits per heavy atom. The van der Waals surface area contributed by atoms with Gasteiger partial charge in [0.25, 0.3) is 0 Å². The maximum atomic E-state index is 13.3. The van der Waals surface area contributed by atoms with Crippen molar-refractivity contribution in [1.29, 1.82) is 0 Å². The first kappa shape index (κ1) is 24.2. The standard InChI is InChI=1S/C22H34N4O6/c1-15(2)18(28)21-7-8-25(12-21)19(29)31-9-5-6-10-32-20(30)26-13-22(14-26,24-16(3)4)17(27)11-23-21/h5-6,15-16,23-24H,7-14H2,1-4H3/b6-5+/t21-/m0/s1. The molecule has 2 amide bonds. The van der Waals surface area contributed by atoms with Crippen molar-refractivity contribution in [2.24, 2.45) is 5.92 Å². The molecule has 0 unspecified atom stereocenters. The van der Waals surface area contributed by atoms with Crippen LogP contribution in [0, 0.1) is 5.92 Å². The highest BCUT2D eigenvalue weighted by Gasteiger charge is 2.53. The number of rotatable bonds is 4. The molecule has 10 nitrogen and oxygen atoms in total. The molecule has 32 heavy (non-hydrogen) atoms. The number of carbonyl (C=O) groups is 4. The van der Waals surface area contributed by atoms with Gasteiger partial charge in [0.15, 0.2) is 11.6 Å². The normalized spacial score (nSPS) is 30.6. The molecule has 178 valence electrons. The van der Waals surface area contributed by atoms with Crippen LogP contribution in [-0.4, -0.2) is 96.6 Å². The van der Waals surface area contributed by atoms with E-state index in [1.54, 1.807) is 12.2 Å². The van der Waals surface area contributed by atoms with Gasteiger partial charge in [0.05, 0.1) is 25.2 Å². The maximum Gasteiger partial charge on any atom is 0.410 e. The van der Waals surface area contributed by atoms with Crippen LogP contribution in [0.5, 0.6) is 0 Å². The van der Waals surface area contributed by atoms with Gasteiger partial charge in [-0.15, -0.1) is 0 Å². The molecule has 0 saturated carbocycles. The third kappa shape index (κ3) is 4.96. The molecule has 4 bridgehead atoms. The number of ketones is 2. The van der Waals surface area contributed by atoms with Crippen LogP contribution in [0.4, 0.5) is 9.59 Å². The summed E-state index contributed by atoms with van der Waals surface area (Å²) in [6.07, 6.45) is 2.59. The van der Waals surface area contributed by atoms with Crippen molar-refractivity contribution < 1.29 is 28.7 Å². The minimum absolute atomic E-state index is 0.0251. The van der Waals surface area contributed by atoms with E-state index in [1.807, 2.05) is 27.7 Å². The van der Waals surface area contributed by atoms with Gasteiger partial charge in [-0.1, -0.05) is 13.8 Å². The number of hydrogen-bond acceptors (Lipinski definition) is 8. The first-order valence-corrected chi connectivity index (χ1v) is 11.2. The molecule has 4 aliphatic heterocycles. The van der Waals surface area contributed by atoms with E-state index in [0.717, 1.165) is 0 Å². The summed E-state index contributed by atoms with van der Waals surface area (Å²) in [5, 5.41) is 6.50. The topological polar surface area (TPSA) is 117 Å². The SMILES string of the molecule is CC(C)NC12CN(C1)C(=O)OC/C=C/COC(=O)N1CC[C@@](C(=O)C(C)C)(C1)NCC2=O. The third-order valence-corrected chi connectivity index (χ3v) is 6.16. The minimum Gasteiger partial charge on any atom is -0.445 e. The highest BCUT2D eigenvalue weighted by Crippen LogP contribution is 2.28. The summed E-state index contributed by atoms with van der Waals surface area (Å²) in [6, 6.07) is 0.0251. The van der Waals surface area contributed by atoms with E-state index in [4.69, 9.17) is 9.47 Å². The summed E-state index contributed by atoms with van der Waals surface area (Å²) in [5.41, 5.74) is -1.91. The van der Waals surface area contributed by atoms with Crippen LogP contribution in [0.3, 0.4) is 0 Å². The number of carbonyl (C=O) groups excluding carboxylic acids is 4. The average molecular weight is 451 g/mol. The quantitative estimate of drug-likeness (QED) is 0.602. The molecule has 0 spiro atoms. The molecule has 2 saturated heterocycles. The van der Waals surface area contributed by atoms with Gasteiger partial charge in [-0.3, -0.25) is 20.2 Å². The average Bonchev–Trinajstić information content (AvgIpc) is 3.15. The molecule has 10 heteroatoms. The fraction of sp³-hybridized carbons (Fsp3) is 0.727. The molecule has 2 N–H and O–H groups in total. The number of ether oxygens (including phenoxy) is 2. The Balaban J connectivity index is 1.85. The number of nitrogens with zero attached hydrogens (tertiary/aromatic N) is 2. The van der Waals surface area contributed by atoms with Crippen LogP contribution in [0.25, 0.3) is 0 Å². The van der Waals surface area contributed by atoms with Gasteiger partial charge in [-0.05, 0) is 32.4 Å². The Hall–Kier alpha value is -2.46. The zero-order valence-corrected chi connectivity index (χ0v) is 19.3. The van der Waals surface area contributed by atoms with Crippen LogP contribution < -0.4 is 10.6 Å². The van der Waals surface area contributed by atoms with Crippen LogP contribution in [0.15, 0.2) is 12.2 Å². The molecular formula is C22H34N4O6. The van der Waals surface area contributed by atoms with Crippen molar-refractivity contribution in [3.63, 3.8) is 0 Å². The second kappa shape index (κ2) is 9.58. The zero-order chi connectivity index (χ0) is 23.5. The Morgan fingerprint density at radius 1 is 1.00 bits per heavy atom. The van der Waals surface area contributed by atoms with Gasteiger partial charge in [-0.2, -0.15) is 0 Å². The van der Waals surface area contributed by atoms with Gasteiger partial charge in [0, 0.05) is 25.0 Å². The van der Waals surface area contributed by atoms with E-state index in [1.165, 1.54) is 9.80 Å². The van der Waals surface area contributed by atoms with Crippen molar-refractivity contribution >= 4 is 23.8 Å². The van der Waals surface area contributed by atoms with E-state index < -0.39 is 23.3 Å². The molecule has 4 aliphatic rings. The molecular weight excluding hydrogens is 416 g/mol. The molecule has 4 rings (SSSR count). The molecule has 2 fully saturated rings. The lowest BCUT2D eigenvalue weighted by atomic mass is 9.82. The van der Waals surface area contributed by atoms with E-state index in [0.29, 0.717) is 13.0 Å². The summed E-state index contributed by atoms with van der Waals surface area (Å²) < 4.78 is 10.5. The lowest BCUT2D eigenvalue weighted by molar-refractivity contribution is -0.133. The first-order chi connectivity index (χ1) is 15.1. The smallest absolute Gasteiger partial charge is 0.410 e. The molecule has 0 radical (unpaired) electrons. The lowest BCUT2D eigenvalue weighted by Crippen LogP contribution is -2.76. The molecule has 0 aliphatic carbocycles. The highest BCUT2D eigenvalue weighted by atomic mass is 16.6. The predicted molar refractivity (Wildman–Crippen MR) is 116 cm³/mol. The van der Waals surface area contributed by atoms with Gasteiger partial charge in [-0.25, -0.2) is 9.59 Å². The van der Waals surface area contributed by atoms with Gasteiger partial charge < -0.3 is 19.3 Å². The van der Waals surface area contributed by atoms with E-state index in [-0.39, 0.29) is 62.9 Å². The van der Waals surface area contributed by atoms with Gasteiger partial charge in [0.1, 0.15) is 18.8 Å². The van der Waals surface area contributed by atoms with Crippen LogP contribution in [0.1, 0.15) is 34.1 Å². The van der Waals surface area contributed by atoms with E-state index in [2.05, 4.69) is 10.6 Å². The highest BCUT2D eigenvalue weighted by molar-refractivity contribution is 5.96. The van der Waals surface area contributed by atoms with Crippen LogP contribution >= 0.6 is 0 Å². The summed E-state index contributed by atoms with van der Waals surface area (Å²) in [7, 11) is 0. The first-order valence-electron chi connectivity index (χ1n) is 11.2. The Labute approximate surface area is 188 Å². The third-order valence-electron chi connectivity index (χ3n) is 6.16. The number of nitrogens with one attached hydrogen (secondary N) is 2. The zero-order valence-electron chi connectivity index (χ0n) is 19.3. The molecule has 0 aromatic carbocycles. The second-order valence-electron chi connectivity index (χ2n) is 9.41. The van der Waals surface area contributed by atoms with Crippen LogP contribution in [0.2, 0.25) is 0 Å². The fourth-order valence-corrected chi connectivity index (χ4v) is 4.56. The predicted octanol–water partition coefficient (Wildman–Crippen LogP) is 0.710. The number of fused-ring (bicyclic) bond motifs is 8. The number of hydrogen-bond donors (Lipinski definition) is 2. The van der Waals surface area contributed by atoms with Crippen molar-refractivity contribution in [2.75, 3.05) is 45.9 Å². The number of Topliss-reactive ketones (excluding diaryl/α,β-unsaturated/α-hetero) is 2. The Kier molecular flexibility index (Phi) is 7.24. The fourth-order valence-electron chi connectivity index (χ4n) is 4.56. The molecule has 4 heterocycles. The van der Waals surface area contributed by atoms with Crippen molar-refractivity contribution in [3.05, 3.63) is 12.2 Å². The summed E-state index contributed by atoms with van der Waals surface area (Å²) in [6.45, 7) is 8.45. The summed E-state index contributed by atoms with van der Waals surface area (Å²) in [5.74, 6) is -0.429. The monoisotopic (exact) mass is 450 g/mol. The van der Waals surface area contributed by atoms with Gasteiger partial charge in [0.2, 0.25) is 0 Å². The Bertz CT molecular complexity index is 789. The Morgan fingerprint density at radius 3 is 2.16 bits per heavy atom. The van der Waals surface area contributed by atoms with E-state index >= 15 is 0 Å². The van der Waals surface area contributed by atoms with Crippen molar-refractivity contribution in [2.45, 2.75) is 51.2 Å². The molecule has 1 atom stereocenters. The van der Waals surface area contributed by atoms with Gasteiger partial charge >= 0.3 is 12.2 Å². The minimum atomic E-state index is -1.01. The van der Waals surface area contributed by atoms with Crippen molar-refractivity contribution in [3.8, 4) is 0 Å². The van der Waals surface area contributed by atoms with Crippen LogP contribution in [-0.2, 0) is 19.1 Å². The maximum absolute atomic E-state index is 13.3. The summed E-state index contributed by atoms with van der Waals surface area (Å²) >= 11 is 0. The molecule has 0 aromatic rings. The second-order valence-corrected chi connectivity index (χ2v) is 9.41. The number of amides is 2. The molecule has 0 aromatic heterocycles. The lowest BCUT2D eigenvalue weighted by Gasteiger charge is -2.49. The largest absolute Gasteiger partial charge is 0.445 e.